The van der Waals surface area contributed by atoms with E-state index in [1.54, 1.807) is 4.90 Å². The van der Waals surface area contributed by atoms with Crippen molar-refractivity contribution >= 4 is 17.5 Å². The van der Waals surface area contributed by atoms with Crippen molar-refractivity contribution in [3.05, 3.63) is 29.8 Å². The van der Waals surface area contributed by atoms with Gasteiger partial charge in [-0.3, -0.25) is 9.59 Å². The minimum absolute atomic E-state index is 0.0263. The quantitative estimate of drug-likeness (QED) is 0.837. The fraction of sp³-hybridized carbons (Fsp3) is 0.529. The molecule has 0 fully saturated rings. The smallest absolute Gasteiger partial charge is 0.316 e. The van der Waals surface area contributed by atoms with Crippen LogP contribution >= 0.6 is 0 Å². The number of para-hydroxylation sites is 1. The predicted molar refractivity (Wildman–Crippen MR) is 87.9 cm³/mol. The van der Waals surface area contributed by atoms with E-state index < -0.39 is 11.8 Å². The molecule has 1 unspecified atom stereocenters. The number of nitrogens with one attached hydrogen (secondary N) is 1. The van der Waals surface area contributed by atoms with Crippen molar-refractivity contribution in [3.63, 3.8) is 0 Å². The third-order valence-corrected chi connectivity index (χ3v) is 4.23. The number of rotatable bonds is 5. The summed E-state index contributed by atoms with van der Waals surface area (Å²) in [6.45, 7) is 9.28. The molecular formula is C17H25N3O2. The van der Waals surface area contributed by atoms with E-state index in [2.05, 4.69) is 24.1 Å². The van der Waals surface area contributed by atoms with Gasteiger partial charge in [0.1, 0.15) is 0 Å². The van der Waals surface area contributed by atoms with Gasteiger partial charge in [-0.1, -0.05) is 32.0 Å². The van der Waals surface area contributed by atoms with Crippen LogP contribution in [0.2, 0.25) is 0 Å². The van der Waals surface area contributed by atoms with Gasteiger partial charge in [0.2, 0.25) is 0 Å². The summed E-state index contributed by atoms with van der Waals surface area (Å²) in [6.07, 6.45) is 0.800. The summed E-state index contributed by atoms with van der Waals surface area (Å²) in [4.78, 5) is 28.4. The topological polar surface area (TPSA) is 52.7 Å². The standard InChI is InChI=1S/C17H25N3O2/c1-4-19(5-2)11-10-18-16(21)17(22)20-13(3)12-14-8-6-7-9-15(14)20/h6-9,13H,4-5,10-12H2,1-3H3,(H,18,21). The zero-order chi connectivity index (χ0) is 16.1. The lowest BCUT2D eigenvalue weighted by Crippen LogP contribution is -2.47. The Morgan fingerprint density at radius 3 is 2.64 bits per heavy atom. The first-order chi connectivity index (χ1) is 10.6. The summed E-state index contributed by atoms with van der Waals surface area (Å²) in [5.41, 5.74) is 1.98. The van der Waals surface area contributed by atoms with Gasteiger partial charge in [0.25, 0.3) is 0 Å². The lowest BCUT2D eigenvalue weighted by Gasteiger charge is -2.22. The van der Waals surface area contributed by atoms with Crippen molar-refractivity contribution in [2.45, 2.75) is 33.2 Å². The van der Waals surface area contributed by atoms with Gasteiger partial charge >= 0.3 is 11.8 Å². The Balaban J connectivity index is 1.95. The van der Waals surface area contributed by atoms with Crippen molar-refractivity contribution in [2.24, 2.45) is 0 Å². The monoisotopic (exact) mass is 303 g/mol. The van der Waals surface area contributed by atoms with Gasteiger partial charge in [-0.15, -0.1) is 0 Å². The van der Waals surface area contributed by atoms with Gasteiger partial charge in [0.05, 0.1) is 0 Å². The van der Waals surface area contributed by atoms with Crippen molar-refractivity contribution < 1.29 is 9.59 Å². The first-order valence-corrected chi connectivity index (χ1v) is 8.00. The highest BCUT2D eigenvalue weighted by atomic mass is 16.2. The van der Waals surface area contributed by atoms with E-state index in [4.69, 9.17) is 0 Å². The molecule has 1 aliphatic heterocycles. The van der Waals surface area contributed by atoms with E-state index in [0.717, 1.165) is 37.3 Å². The first-order valence-electron chi connectivity index (χ1n) is 8.00. The average molecular weight is 303 g/mol. The molecule has 1 aromatic rings. The highest BCUT2D eigenvalue weighted by Crippen LogP contribution is 2.31. The minimum atomic E-state index is -0.518. The van der Waals surface area contributed by atoms with Gasteiger partial charge in [0, 0.05) is 24.8 Å². The van der Waals surface area contributed by atoms with Crippen LogP contribution in [0.5, 0.6) is 0 Å². The summed E-state index contributed by atoms with van der Waals surface area (Å²) in [5.74, 6) is -0.979. The molecular weight excluding hydrogens is 278 g/mol. The Labute approximate surface area is 132 Å². The van der Waals surface area contributed by atoms with Crippen LogP contribution < -0.4 is 10.2 Å². The zero-order valence-corrected chi connectivity index (χ0v) is 13.6. The Hall–Kier alpha value is -1.88. The molecule has 22 heavy (non-hydrogen) atoms. The molecule has 0 saturated heterocycles. The van der Waals surface area contributed by atoms with E-state index in [1.807, 2.05) is 31.2 Å². The van der Waals surface area contributed by atoms with Crippen LogP contribution in [-0.2, 0) is 16.0 Å². The molecule has 1 heterocycles. The molecule has 1 aromatic carbocycles. The number of nitrogens with zero attached hydrogens (tertiary/aromatic N) is 2. The number of carbonyl (C=O) groups excluding carboxylic acids is 2. The molecule has 0 radical (unpaired) electrons. The molecule has 5 nitrogen and oxygen atoms in total. The molecule has 0 spiro atoms. The van der Waals surface area contributed by atoms with E-state index in [0.29, 0.717) is 6.54 Å². The number of fused-ring (bicyclic) bond motifs is 1. The average Bonchev–Trinajstić information content (AvgIpc) is 2.86. The third kappa shape index (κ3) is 3.47. The lowest BCUT2D eigenvalue weighted by molar-refractivity contribution is -0.137. The molecule has 2 rings (SSSR count). The van der Waals surface area contributed by atoms with E-state index in [-0.39, 0.29) is 6.04 Å². The molecule has 0 aliphatic carbocycles. The number of hydrogen-bond donors (Lipinski definition) is 1. The van der Waals surface area contributed by atoms with Crippen LogP contribution in [-0.4, -0.2) is 48.9 Å². The van der Waals surface area contributed by atoms with Crippen LogP contribution in [0.25, 0.3) is 0 Å². The number of benzene rings is 1. The summed E-state index contributed by atoms with van der Waals surface area (Å²) < 4.78 is 0. The van der Waals surface area contributed by atoms with Crippen molar-refractivity contribution in [3.8, 4) is 0 Å². The first kappa shape index (κ1) is 16.5. The summed E-state index contributed by atoms with van der Waals surface area (Å²) in [5, 5.41) is 2.74. The molecule has 1 aliphatic rings. The van der Waals surface area contributed by atoms with Gasteiger partial charge in [0.15, 0.2) is 0 Å². The summed E-state index contributed by atoms with van der Waals surface area (Å²) in [6, 6.07) is 7.80. The zero-order valence-electron chi connectivity index (χ0n) is 13.6. The van der Waals surface area contributed by atoms with Gasteiger partial charge in [-0.2, -0.15) is 0 Å². The van der Waals surface area contributed by atoms with Crippen molar-refractivity contribution in [1.29, 1.82) is 0 Å². The van der Waals surface area contributed by atoms with Crippen molar-refractivity contribution in [2.75, 3.05) is 31.1 Å². The van der Waals surface area contributed by atoms with Gasteiger partial charge in [-0.25, -0.2) is 0 Å². The summed E-state index contributed by atoms with van der Waals surface area (Å²) in [7, 11) is 0. The van der Waals surface area contributed by atoms with Gasteiger partial charge < -0.3 is 15.1 Å². The SMILES string of the molecule is CCN(CC)CCNC(=O)C(=O)N1c2ccccc2CC1C. The normalized spacial score (nSPS) is 16.7. The molecule has 120 valence electrons. The maximum absolute atomic E-state index is 12.4. The highest BCUT2D eigenvalue weighted by molar-refractivity contribution is 6.40. The van der Waals surface area contributed by atoms with E-state index in [9.17, 15) is 9.59 Å². The minimum Gasteiger partial charge on any atom is -0.347 e. The Kier molecular flexibility index (Phi) is 5.55. The maximum atomic E-state index is 12.4. The van der Waals surface area contributed by atoms with Gasteiger partial charge in [-0.05, 0) is 38.1 Å². The van der Waals surface area contributed by atoms with Crippen LogP contribution in [0, 0.1) is 0 Å². The number of amides is 2. The molecule has 0 bridgehead atoms. The van der Waals surface area contributed by atoms with Crippen LogP contribution in [0.3, 0.4) is 0 Å². The summed E-state index contributed by atoms with van der Waals surface area (Å²) >= 11 is 0. The van der Waals surface area contributed by atoms with Crippen LogP contribution in [0.15, 0.2) is 24.3 Å². The molecule has 0 aromatic heterocycles. The maximum Gasteiger partial charge on any atom is 0.316 e. The second-order valence-electron chi connectivity index (χ2n) is 5.64. The third-order valence-electron chi connectivity index (χ3n) is 4.23. The predicted octanol–water partition coefficient (Wildman–Crippen LogP) is 1.42. The molecule has 1 atom stereocenters. The second kappa shape index (κ2) is 7.40. The number of likely N-dealkylation sites (N-methyl/N-ethyl adjacent to an activating group) is 1. The fourth-order valence-corrected chi connectivity index (χ4v) is 2.93. The van der Waals surface area contributed by atoms with Crippen LogP contribution in [0.4, 0.5) is 5.69 Å². The van der Waals surface area contributed by atoms with Crippen LogP contribution in [0.1, 0.15) is 26.3 Å². The Morgan fingerprint density at radius 2 is 1.95 bits per heavy atom. The van der Waals surface area contributed by atoms with E-state index in [1.165, 1.54) is 0 Å². The molecule has 5 heteroatoms. The number of carbonyl (C=O) groups is 2. The molecule has 2 amide bonds. The lowest BCUT2D eigenvalue weighted by atomic mass is 10.1. The number of anilines is 1. The highest BCUT2D eigenvalue weighted by Gasteiger charge is 2.33. The van der Waals surface area contributed by atoms with Crippen molar-refractivity contribution in [1.82, 2.24) is 10.2 Å². The number of hydrogen-bond acceptors (Lipinski definition) is 3. The van der Waals surface area contributed by atoms with E-state index >= 15 is 0 Å². The molecule has 1 N–H and O–H groups in total. The fourth-order valence-electron chi connectivity index (χ4n) is 2.93. The Morgan fingerprint density at radius 1 is 1.27 bits per heavy atom. The second-order valence-corrected chi connectivity index (χ2v) is 5.64. The largest absolute Gasteiger partial charge is 0.347 e. The Bertz CT molecular complexity index is 540. The molecule has 0 saturated carbocycles.